The van der Waals surface area contributed by atoms with Gasteiger partial charge < -0.3 is 5.73 Å². The minimum Gasteiger partial charge on any atom is -0.399 e. The summed E-state index contributed by atoms with van der Waals surface area (Å²) in [6, 6.07) is 15.0. The number of aryl methyl sites for hydroxylation is 2. The molecule has 0 amide bonds. The van der Waals surface area contributed by atoms with Crippen LogP contribution in [0.5, 0.6) is 0 Å². The van der Waals surface area contributed by atoms with Crippen LogP contribution in [0.1, 0.15) is 21.0 Å². The van der Waals surface area contributed by atoms with Gasteiger partial charge in [0.25, 0.3) is 0 Å². The van der Waals surface area contributed by atoms with E-state index in [0.29, 0.717) is 4.90 Å². The fourth-order valence-electron chi connectivity index (χ4n) is 2.54. The fraction of sp³-hybridized carbons (Fsp3) is 0.211. The molecule has 0 unspecified atom stereocenters. The van der Waals surface area contributed by atoms with Crippen LogP contribution < -0.4 is 5.73 Å². The first-order chi connectivity index (χ1) is 11.9. The van der Waals surface area contributed by atoms with Crippen LogP contribution in [0.4, 0.5) is 5.69 Å². The molecule has 0 aliphatic carbocycles. The van der Waals surface area contributed by atoms with E-state index in [1.807, 2.05) is 42.6 Å². The predicted molar refractivity (Wildman–Crippen MR) is 103 cm³/mol. The average Bonchev–Trinajstić information content (AvgIpc) is 3.01. The monoisotopic (exact) mass is 372 g/mol. The third-order valence-electron chi connectivity index (χ3n) is 3.94. The first kappa shape index (κ1) is 17.6. The third-order valence-corrected chi connectivity index (χ3v) is 6.12. The molecular formula is C19H20N2O2S2. The van der Waals surface area contributed by atoms with Gasteiger partial charge in [-0.05, 0) is 41.8 Å². The highest BCUT2D eigenvalue weighted by Gasteiger charge is 2.08. The van der Waals surface area contributed by atoms with Crippen molar-refractivity contribution in [1.82, 2.24) is 4.98 Å². The molecule has 0 spiro atoms. The minimum absolute atomic E-state index is 0.352. The summed E-state index contributed by atoms with van der Waals surface area (Å²) in [7, 11) is -3.14. The van der Waals surface area contributed by atoms with Gasteiger partial charge in [-0.2, -0.15) is 0 Å². The smallest absolute Gasteiger partial charge is 0.175 e. The summed E-state index contributed by atoms with van der Waals surface area (Å²) >= 11 is 1.71. The number of aromatic nitrogens is 1. The van der Waals surface area contributed by atoms with Gasteiger partial charge >= 0.3 is 0 Å². The molecule has 0 fully saturated rings. The lowest BCUT2D eigenvalue weighted by molar-refractivity contribution is 0.602. The molecule has 0 aliphatic heterocycles. The average molecular weight is 373 g/mol. The van der Waals surface area contributed by atoms with Crippen LogP contribution in [-0.2, 0) is 29.1 Å². The van der Waals surface area contributed by atoms with Gasteiger partial charge in [-0.3, -0.25) is 0 Å². The van der Waals surface area contributed by atoms with Crippen LogP contribution in [0.2, 0.25) is 0 Å². The highest BCUT2D eigenvalue weighted by Crippen LogP contribution is 2.20. The van der Waals surface area contributed by atoms with E-state index in [0.717, 1.165) is 35.5 Å². The van der Waals surface area contributed by atoms with E-state index in [1.54, 1.807) is 23.5 Å². The van der Waals surface area contributed by atoms with Crippen LogP contribution in [-0.4, -0.2) is 19.7 Å². The maximum absolute atomic E-state index is 11.5. The topological polar surface area (TPSA) is 73.0 Å². The summed E-state index contributed by atoms with van der Waals surface area (Å²) in [5.41, 5.74) is 8.82. The van der Waals surface area contributed by atoms with Crippen LogP contribution in [0.3, 0.4) is 0 Å². The zero-order chi connectivity index (χ0) is 17.9. The summed E-state index contributed by atoms with van der Waals surface area (Å²) in [4.78, 5) is 6.03. The van der Waals surface area contributed by atoms with Crippen molar-refractivity contribution in [2.75, 3.05) is 12.0 Å². The molecule has 2 aromatic carbocycles. The molecule has 0 aliphatic rings. The first-order valence-corrected chi connectivity index (χ1v) is 10.7. The Hall–Kier alpha value is -2.18. The molecule has 1 aromatic heterocycles. The standard InChI is InChI=1S/C19H20N2O2S2/c1-25(22,23)18-9-4-15(5-10-18)12-17-13-21-19(24-17)11-6-14-2-7-16(20)8-3-14/h2-5,7-10,13H,6,11-12,20H2,1H3. The lowest BCUT2D eigenvalue weighted by Crippen LogP contribution is -1.97. The molecular weight excluding hydrogens is 352 g/mol. The maximum Gasteiger partial charge on any atom is 0.175 e. The molecule has 0 bridgehead atoms. The van der Waals surface area contributed by atoms with Gasteiger partial charge in [-0.1, -0.05) is 24.3 Å². The van der Waals surface area contributed by atoms with E-state index < -0.39 is 9.84 Å². The Morgan fingerprint density at radius 3 is 2.24 bits per heavy atom. The van der Waals surface area contributed by atoms with E-state index in [-0.39, 0.29) is 0 Å². The Balaban J connectivity index is 1.60. The number of nitrogens with zero attached hydrogens (tertiary/aromatic N) is 1. The van der Waals surface area contributed by atoms with Crippen molar-refractivity contribution in [3.05, 3.63) is 75.7 Å². The number of sulfone groups is 1. The lowest BCUT2D eigenvalue weighted by atomic mass is 10.1. The molecule has 6 heteroatoms. The number of nitrogens with two attached hydrogens (primary N) is 1. The van der Waals surface area contributed by atoms with Crippen molar-refractivity contribution in [3.8, 4) is 0 Å². The van der Waals surface area contributed by atoms with E-state index in [4.69, 9.17) is 5.73 Å². The zero-order valence-electron chi connectivity index (χ0n) is 14.0. The zero-order valence-corrected chi connectivity index (χ0v) is 15.6. The Kier molecular flexibility index (Phi) is 5.20. The van der Waals surface area contributed by atoms with Crippen molar-refractivity contribution in [2.45, 2.75) is 24.2 Å². The molecule has 1 heterocycles. The van der Waals surface area contributed by atoms with Crippen LogP contribution in [0.15, 0.2) is 59.6 Å². The van der Waals surface area contributed by atoms with Crippen molar-refractivity contribution in [3.63, 3.8) is 0 Å². The molecule has 0 saturated heterocycles. The Bertz CT molecular complexity index is 944. The van der Waals surface area contributed by atoms with Crippen molar-refractivity contribution in [2.24, 2.45) is 0 Å². The van der Waals surface area contributed by atoms with E-state index in [9.17, 15) is 8.42 Å². The summed E-state index contributed by atoms with van der Waals surface area (Å²) in [5.74, 6) is 0. The second-order valence-corrected chi connectivity index (χ2v) is 9.27. The van der Waals surface area contributed by atoms with Gasteiger partial charge in [-0.15, -0.1) is 11.3 Å². The Morgan fingerprint density at radius 1 is 0.960 bits per heavy atom. The number of benzene rings is 2. The summed E-state index contributed by atoms with van der Waals surface area (Å²) < 4.78 is 23.0. The number of thiazole rings is 1. The molecule has 25 heavy (non-hydrogen) atoms. The van der Waals surface area contributed by atoms with Gasteiger partial charge in [0.2, 0.25) is 0 Å². The number of rotatable bonds is 6. The highest BCUT2D eigenvalue weighted by molar-refractivity contribution is 7.90. The number of hydrogen-bond acceptors (Lipinski definition) is 5. The lowest BCUT2D eigenvalue weighted by Gasteiger charge is -2.01. The third kappa shape index (κ3) is 4.90. The number of hydrogen-bond donors (Lipinski definition) is 1. The summed E-state index contributed by atoms with van der Waals surface area (Å²) in [6.07, 6.45) is 5.74. The molecule has 130 valence electrons. The highest BCUT2D eigenvalue weighted by atomic mass is 32.2. The molecule has 3 rings (SSSR count). The molecule has 0 atom stereocenters. The SMILES string of the molecule is CS(=O)(=O)c1ccc(Cc2cnc(CCc3ccc(N)cc3)s2)cc1. The second kappa shape index (κ2) is 7.37. The Labute approximate surface area is 152 Å². The van der Waals surface area contributed by atoms with Crippen LogP contribution in [0, 0.1) is 0 Å². The van der Waals surface area contributed by atoms with Gasteiger partial charge in [-0.25, -0.2) is 13.4 Å². The van der Waals surface area contributed by atoms with Crippen molar-refractivity contribution >= 4 is 26.9 Å². The van der Waals surface area contributed by atoms with Gasteiger partial charge in [0.05, 0.1) is 9.90 Å². The van der Waals surface area contributed by atoms with Gasteiger partial charge in [0.15, 0.2) is 9.84 Å². The molecule has 0 saturated carbocycles. The molecule has 0 radical (unpaired) electrons. The maximum atomic E-state index is 11.5. The largest absolute Gasteiger partial charge is 0.399 e. The normalized spacial score (nSPS) is 11.6. The number of nitrogen functional groups attached to an aromatic ring is 1. The summed E-state index contributed by atoms with van der Waals surface area (Å²) in [5, 5.41) is 1.11. The van der Waals surface area contributed by atoms with Gasteiger partial charge in [0.1, 0.15) is 0 Å². The number of anilines is 1. The van der Waals surface area contributed by atoms with Crippen molar-refractivity contribution < 1.29 is 8.42 Å². The predicted octanol–water partition coefficient (Wildman–Crippen LogP) is 3.50. The van der Waals surface area contributed by atoms with E-state index >= 15 is 0 Å². The van der Waals surface area contributed by atoms with Crippen LogP contribution >= 0.6 is 11.3 Å². The Morgan fingerprint density at radius 2 is 1.60 bits per heavy atom. The second-order valence-electron chi connectivity index (χ2n) is 6.05. The molecule has 4 nitrogen and oxygen atoms in total. The van der Waals surface area contributed by atoms with E-state index in [2.05, 4.69) is 4.98 Å². The first-order valence-electron chi connectivity index (χ1n) is 7.97. The molecule has 2 N–H and O–H groups in total. The summed E-state index contributed by atoms with van der Waals surface area (Å²) in [6.45, 7) is 0. The quantitative estimate of drug-likeness (QED) is 0.672. The van der Waals surface area contributed by atoms with E-state index in [1.165, 1.54) is 16.7 Å². The minimum atomic E-state index is -3.14. The molecule has 3 aromatic rings. The van der Waals surface area contributed by atoms with Gasteiger partial charge in [0, 0.05) is 35.9 Å². The fourth-order valence-corrected chi connectivity index (χ4v) is 4.12. The van der Waals surface area contributed by atoms with Crippen LogP contribution in [0.25, 0.3) is 0 Å². The van der Waals surface area contributed by atoms with Crippen molar-refractivity contribution in [1.29, 1.82) is 0 Å².